The smallest absolute Gasteiger partial charge is 0.136 e. The van der Waals surface area contributed by atoms with E-state index in [0.717, 1.165) is 16.5 Å². The summed E-state index contributed by atoms with van der Waals surface area (Å²) < 4.78 is 146. The van der Waals surface area contributed by atoms with E-state index >= 15 is 0 Å². The fraction of sp³-hybridized carbons (Fsp3) is 0. The van der Waals surface area contributed by atoms with Gasteiger partial charge in [0.2, 0.25) is 0 Å². The van der Waals surface area contributed by atoms with Crippen molar-refractivity contribution in [3.63, 3.8) is 0 Å². The Hall–Kier alpha value is -6.44. The summed E-state index contributed by atoms with van der Waals surface area (Å²) in [4.78, 5) is 0. The molecule has 9 aromatic carbocycles. The molecule has 1 nitrogen and oxygen atoms in total. The molecule has 10 rings (SSSR count). The fourth-order valence-corrected chi connectivity index (χ4v) is 6.94. The van der Waals surface area contributed by atoms with Gasteiger partial charge in [0.25, 0.3) is 0 Å². The number of hydrogen-bond donors (Lipinski definition) is 0. The Morgan fingerprint density at radius 2 is 0.878 bits per heavy atom. The number of furan rings is 1. The maximum absolute atomic E-state index is 9.52. The van der Waals surface area contributed by atoms with Gasteiger partial charge in [-0.1, -0.05) is 163 Å². The molecule has 0 aliphatic rings. The van der Waals surface area contributed by atoms with Gasteiger partial charge in [0.15, 0.2) is 0 Å². The minimum absolute atomic E-state index is 0.0297. The zero-order valence-electron chi connectivity index (χ0n) is 41.5. The van der Waals surface area contributed by atoms with E-state index in [1.807, 2.05) is 78.9 Å². The van der Waals surface area contributed by atoms with Gasteiger partial charge in [-0.3, -0.25) is 0 Å². The highest BCUT2D eigenvalue weighted by Gasteiger charge is 2.21. The normalized spacial score (nSPS) is 16.2. The van der Waals surface area contributed by atoms with Crippen molar-refractivity contribution in [2.24, 2.45) is 0 Å². The molecule has 49 heavy (non-hydrogen) atoms. The van der Waals surface area contributed by atoms with E-state index in [1.54, 1.807) is 6.07 Å². The van der Waals surface area contributed by atoms with Gasteiger partial charge >= 0.3 is 0 Å². The van der Waals surface area contributed by atoms with E-state index in [-0.39, 0.29) is 51.2 Å². The topological polar surface area (TPSA) is 13.1 Å². The molecular formula is C48H30O. The van der Waals surface area contributed by atoms with Crippen LogP contribution in [0, 0.1) is 0 Å². The van der Waals surface area contributed by atoms with Gasteiger partial charge in [-0.15, -0.1) is 0 Å². The lowest BCUT2D eigenvalue weighted by atomic mass is 9.83. The average Bonchev–Trinajstić information content (AvgIpc) is 3.72. The Morgan fingerprint density at radius 1 is 0.347 bits per heavy atom. The molecule has 0 N–H and O–H groups in total. The molecule has 1 heteroatoms. The first-order valence-corrected chi connectivity index (χ1v) is 15.6. The third-order valence-corrected chi connectivity index (χ3v) is 8.97. The van der Waals surface area contributed by atoms with E-state index in [1.165, 1.54) is 0 Å². The van der Waals surface area contributed by atoms with Gasteiger partial charge in [0.1, 0.15) is 11.2 Å². The lowest BCUT2D eigenvalue weighted by molar-refractivity contribution is 0.669. The van der Waals surface area contributed by atoms with Crippen molar-refractivity contribution < 1.29 is 26.3 Å². The van der Waals surface area contributed by atoms with Gasteiger partial charge in [-0.05, 0) is 95.0 Å². The molecule has 0 saturated carbocycles. The maximum atomic E-state index is 9.52. The molecule has 0 radical (unpaired) electrons. The number of fused-ring (bicyclic) bond motifs is 6. The summed E-state index contributed by atoms with van der Waals surface area (Å²) in [7, 11) is 0. The van der Waals surface area contributed by atoms with Gasteiger partial charge in [-0.25, -0.2) is 0 Å². The Labute approximate surface area is 306 Å². The van der Waals surface area contributed by atoms with E-state index in [2.05, 4.69) is 0 Å². The van der Waals surface area contributed by atoms with Crippen LogP contribution < -0.4 is 0 Å². The van der Waals surface area contributed by atoms with Gasteiger partial charge in [0.05, 0.1) is 21.9 Å². The number of hydrogen-bond acceptors (Lipinski definition) is 1. The predicted molar refractivity (Wildman–Crippen MR) is 208 cm³/mol. The first kappa shape index (κ1) is 16.1. The monoisotopic (exact) mass is 638 g/mol. The summed E-state index contributed by atoms with van der Waals surface area (Å²) in [6, 6.07) is 17.2. The standard InChI is InChI=1S/C48H30O/c1-3-14-31(15-4-1)33-26-27-42-45(30-33)49-44-25-13-24-43(48(42)44)47-39-22-11-9-20-37(39)46(38-21-10-12-23-40(38)47)41-29-28-34(32-16-5-2-6-17-32)35-18-7-8-19-36(35)41/h1-30H/i1D,2D,3D,4D,5D,6D,13D,14D,15D,16D,17D,24D,25D,26D,27D,30D. The highest BCUT2D eigenvalue weighted by atomic mass is 16.3. The number of benzene rings is 9. The van der Waals surface area contributed by atoms with Crippen molar-refractivity contribution in [3.8, 4) is 44.5 Å². The van der Waals surface area contributed by atoms with Crippen molar-refractivity contribution in [2.75, 3.05) is 0 Å². The van der Waals surface area contributed by atoms with Crippen molar-refractivity contribution in [1.82, 2.24) is 0 Å². The molecule has 0 aliphatic carbocycles. The number of rotatable bonds is 4. The van der Waals surface area contributed by atoms with Crippen LogP contribution in [-0.4, -0.2) is 0 Å². The predicted octanol–water partition coefficient (Wildman–Crippen LogP) is 13.7. The summed E-state index contributed by atoms with van der Waals surface area (Å²) in [5.74, 6) is 0. The Balaban J connectivity index is 1.32. The molecule has 0 bridgehead atoms. The Kier molecular flexibility index (Phi) is 3.64. The van der Waals surface area contributed by atoms with Crippen LogP contribution in [0.3, 0.4) is 0 Å². The lowest BCUT2D eigenvalue weighted by Crippen LogP contribution is -1.92. The Bertz CT molecular complexity index is 3680. The third kappa shape index (κ3) is 4.33. The highest BCUT2D eigenvalue weighted by molar-refractivity contribution is 6.27. The van der Waals surface area contributed by atoms with Crippen LogP contribution in [0.5, 0.6) is 0 Å². The molecule has 10 aromatic rings. The summed E-state index contributed by atoms with van der Waals surface area (Å²) in [5, 5.41) is 3.85. The first-order valence-electron chi connectivity index (χ1n) is 23.6. The molecule has 228 valence electrons. The second kappa shape index (κ2) is 11.1. The highest BCUT2D eigenvalue weighted by Crippen LogP contribution is 2.48. The zero-order chi connectivity index (χ0) is 46.2. The largest absolute Gasteiger partial charge is 0.456 e. The second-order valence-corrected chi connectivity index (χ2v) is 11.6. The third-order valence-electron chi connectivity index (χ3n) is 8.97. The Morgan fingerprint density at radius 3 is 1.51 bits per heavy atom. The van der Waals surface area contributed by atoms with Gasteiger partial charge in [0, 0.05) is 10.8 Å². The molecule has 1 aromatic heterocycles. The van der Waals surface area contributed by atoms with E-state index < -0.39 is 89.7 Å². The minimum Gasteiger partial charge on any atom is -0.456 e. The van der Waals surface area contributed by atoms with Crippen molar-refractivity contribution in [1.29, 1.82) is 0 Å². The van der Waals surface area contributed by atoms with Crippen molar-refractivity contribution in [3.05, 3.63) is 182 Å². The first-order chi connectivity index (χ1) is 31.0. The van der Waals surface area contributed by atoms with Crippen LogP contribution >= 0.6 is 0 Å². The molecule has 0 amide bonds. The van der Waals surface area contributed by atoms with Crippen LogP contribution in [0.1, 0.15) is 21.9 Å². The van der Waals surface area contributed by atoms with Crippen molar-refractivity contribution >= 4 is 54.3 Å². The molecule has 0 fully saturated rings. The summed E-state index contributed by atoms with van der Waals surface area (Å²) >= 11 is 0. The molecule has 0 unspecified atom stereocenters. The van der Waals surface area contributed by atoms with Crippen LogP contribution in [0.4, 0.5) is 0 Å². The molecule has 0 aliphatic heterocycles. The van der Waals surface area contributed by atoms with E-state index in [0.29, 0.717) is 38.1 Å². The fourth-order valence-electron chi connectivity index (χ4n) is 6.94. The quantitative estimate of drug-likeness (QED) is 0.175. The van der Waals surface area contributed by atoms with Crippen LogP contribution in [0.25, 0.3) is 98.8 Å². The minimum atomic E-state index is -0.690. The van der Waals surface area contributed by atoms with Crippen LogP contribution in [-0.2, 0) is 0 Å². The van der Waals surface area contributed by atoms with Crippen molar-refractivity contribution in [2.45, 2.75) is 0 Å². The van der Waals surface area contributed by atoms with Gasteiger partial charge < -0.3 is 4.42 Å². The van der Waals surface area contributed by atoms with E-state index in [4.69, 9.17) is 20.9 Å². The van der Waals surface area contributed by atoms with E-state index in [9.17, 15) is 5.48 Å². The average molecular weight is 639 g/mol. The summed E-state index contributed by atoms with van der Waals surface area (Å²) in [6.07, 6.45) is 0. The summed E-state index contributed by atoms with van der Waals surface area (Å²) in [5.41, 5.74) is 1.11. The SMILES string of the molecule is [2H]c1c([2H])c([2H])c(-c2c([2H])c([2H])c3c(oc4c([2H])c([2H])c([2H])c(-c5c6ccccc6c(-c6ccc(-c7c([2H])c([2H])c([2H])c([2H])c7[2H])c7ccccc67)c6ccccc56)c43)c2[2H])c([2H])c1[2H]. The maximum Gasteiger partial charge on any atom is 0.136 e. The molecular weight excluding hydrogens is 593 g/mol. The van der Waals surface area contributed by atoms with Crippen LogP contribution in [0.2, 0.25) is 0 Å². The molecule has 0 atom stereocenters. The molecule has 0 spiro atoms. The molecule has 1 heterocycles. The lowest BCUT2D eigenvalue weighted by Gasteiger charge is -2.20. The zero-order valence-corrected chi connectivity index (χ0v) is 25.5. The molecule has 0 saturated heterocycles. The summed E-state index contributed by atoms with van der Waals surface area (Å²) in [6.45, 7) is 0. The van der Waals surface area contributed by atoms with Gasteiger partial charge in [-0.2, -0.15) is 0 Å². The second-order valence-electron chi connectivity index (χ2n) is 11.6. The van der Waals surface area contributed by atoms with Crippen LogP contribution in [0.15, 0.2) is 186 Å².